The number of rotatable bonds is 7. The Kier molecular flexibility index (Phi) is 8.69. The molecule has 0 aromatic carbocycles. The van der Waals surface area contributed by atoms with Gasteiger partial charge in [-0.2, -0.15) is 0 Å². The Labute approximate surface area is 182 Å². The van der Waals surface area contributed by atoms with Crippen LogP contribution in [0.4, 0.5) is 0 Å². The minimum absolute atomic E-state index is 0.441. The Bertz CT molecular complexity index is 412. The fourth-order valence-electron chi connectivity index (χ4n) is 6.53. The second-order valence-electron chi connectivity index (χ2n) is 12.6. The zero-order valence-corrected chi connectivity index (χ0v) is 27.8. The van der Waals surface area contributed by atoms with Gasteiger partial charge in [0.05, 0.1) is 0 Å². The van der Waals surface area contributed by atoms with Gasteiger partial charge in [-0.05, 0) is 0 Å². The molecule has 1 unspecified atom stereocenters. The van der Waals surface area contributed by atoms with E-state index in [4.69, 9.17) is 9.47 Å². The Morgan fingerprint density at radius 1 is 0.692 bits per heavy atom. The van der Waals surface area contributed by atoms with Gasteiger partial charge in [-0.15, -0.1) is 0 Å². The topological polar surface area (TPSA) is 18.5 Å². The summed E-state index contributed by atoms with van der Waals surface area (Å²) in [4.78, 5) is 0.441. The molecule has 0 radical (unpaired) electrons. The quantitative estimate of drug-likeness (QED) is 0.242. The average molecular weight is 605 g/mol. The zero-order chi connectivity index (χ0) is 20.8. The normalized spacial score (nSPS) is 21.6. The molecule has 1 aliphatic rings. The first-order valence-corrected chi connectivity index (χ1v) is 34.6. The van der Waals surface area contributed by atoms with Crippen LogP contribution in [0.15, 0.2) is 0 Å². The van der Waals surface area contributed by atoms with E-state index in [1.165, 1.54) is 0 Å². The average Bonchev–Trinajstić information content (AvgIpc) is 2.32. The van der Waals surface area contributed by atoms with Crippen molar-refractivity contribution in [2.75, 3.05) is 19.8 Å². The molecule has 1 saturated heterocycles. The van der Waals surface area contributed by atoms with Gasteiger partial charge in [0.15, 0.2) is 0 Å². The molecule has 156 valence electrons. The summed E-state index contributed by atoms with van der Waals surface area (Å²) in [5, 5.41) is 0. The van der Waals surface area contributed by atoms with Crippen LogP contribution in [0, 0.1) is 0 Å². The van der Waals surface area contributed by atoms with E-state index in [1.54, 1.807) is 0 Å². The van der Waals surface area contributed by atoms with Gasteiger partial charge in [-0.3, -0.25) is 0 Å². The molecule has 2 nitrogen and oxygen atoms in total. The first kappa shape index (κ1) is 26.1. The van der Waals surface area contributed by atoms with E-state index in [0.717, 1.165) is 27.8 Å². The monoisotopic (exact) mass is 606 g/mol. The molecular weight excluding hydrogens is 560 g/mol. The summed E-state index contributed by atoms with van der Waals surface area (Å²) in [5.74, 6) is 0. The van der Waals surface area contributed by atoms with E-state index < -0.39 is 42.3 Å². The molecule has 0 N–H and O–H groups in total. The molecule has 0 aromatic rings. The van der Waals surface area contributed by atoms with Gasteiger partial charge in [0.1, 0.15) is 0 Å². The number of hydrogen-bond acceptors (Lipinski definition) is 2. The summed E-state index contributed by atoms with van der Waals surface area (Å²) in [6.45, 7) is 34.4. The molecule has 0 aliphatic carbocycles. The van der Waals surface area contributed by atoms with E-state index in [-0.39, 0.29) is 0 Å². The van der Waals surface area contributed by atoms with Crippen molar-refractivity contribution in [2.45, 2.75) is 91.5 Å². The Morgan fingerprint density at radius 3 is 1.27 bits per heavy atom. The molecule has 0 aromatic heterocycles. The summed E-state index contributed by atoms with van der Waals surface area (Å²) < 4.78 is 14.7. The summed E-state index contributed by atoms with van der Waals surface area (Å²) in [5.41, 5.74) is 0. The molecule has 1 fully saturated rings. The molecule has 1 aliphatic heterocycles. The predicted molar refractivity (Wildman–Crippen MR) is 141 cm³/mol. The molecule has 1 rings (SSSR count). The summed E-state index contributed by atoms with van der Waals surface area (Å²) in [7, 11) is -7.74. The van der Waals surface area contributed by atoms with Crippen molar-refractivity contribution in [1.82, 2.24) is 0 Å². The van der Waals surface area contributed by atoms with Crippen LogP contribution in [0.25, 0.3) is 0 Å². The van der Waals surface area contributed by atoms with Crippen molar-refractivity contribution >= 4 is 62.5 Å². The third-order valence-electron chi connectivity index (χ3n) is 5.66. The van der Waals surface area contributed by atoms with Crippen molar-refractivity contribution < 1.29 is 9.47 Å². The van der Waals surface area contributed by atoms with Crippen LogP contribution in [0.2, 0.25) is 86.6 Å². The van der Waals surface area contributed by atoms with Crippen molar-refractivity contribution in [1.29, 1.82) is 0 Å². The molecule has 0 saturated carbocycles. The van der Waals surface area contributed by atoms with Crippen LogP contribution in [0.1, 0.15) is 0 Å². The van der Waals surface area contributed by atoms with Crippen LogP contribution < -0.4 is 0 Å². The van der Waals surface area contributed by atoms with Crippen LogP contribution in [-0.4, -0.2) is 67.0 Å². The number of ether oxygens (including phenoxy) is 2. The van der Waals surface area contributed by atoms with Crippen molar-refractivity contribution in [3.63, 3.8) is 0 Å². The Hall–Kier alpha value is 2.06. The SMILES string of the molecule is C[Si](C)(C)[CH]([Si](C)(C)C)[Ge]([I])([CH]1COCCO1)[CH]([Si](C)(C)C)[Si](C)(C)C. The molecule has 0 spiro atoms. The molecule has 0 bridgehead atoms. The maximum absolute atomic E-state index is 6.63. The van der Waals surface area contributed by atoms with E-state index in [2.05, 4.69) is 98.8 Å². The van der Waals surface area contributed by atoms with Gasteiger partial charge >= 0.3 is 183 Å². The molecular formula is C18H45GeIO2Si4. The van der Waals surface area contributed by atoms with Crippen LogP contribution in [0.5, 0.6) is 0 Å². The molecule has 1 heterocycles. The van der Waals surface area contributed by atoms with Crippen LogP contribution in [0.3, 0.4) is 0 Å². The Balaban J connectivity index is 3.75. The second-order valence-corrected chi connectivity index (χ2v) is 56.8. The van der Waals surface area contributed by atoms with Gasteiger partial charge in [0.2, 0.25) is 0 Å². The third kappa shape index (κ3) is 6.04. The minimum atomic E-state index is -2.48. The summed E-state index contributed by atoms with van der Waals surface area (Å²) >= 11 is 3.14. The zero-order valence-electron chi connectivity index (χ0n) is 19.5. The first-order valence-electron chi connectivity index (χ1n) is 10.2. The predicted octanol–water partition coefficient (Wildman–Crippen LogP) is 6.57. The standard InChI is InChI=1S/C18H45GeIO2Si4/c1-23(2,3)17(24(4,5)6)19(20,16-15-21-13-14-22-16)18(25(7,8)9)26(10,11)12/h16-18H,13-15H2,1-12H3. The fraction of sp³-hybridized carbons (Fsp3) is 1.00. The van der Waals surface area contributed by atoms with E-state index >= 15 is 0 Å². The fourth-order valence-corrected chi connectivity index (χ4v) is 141. The van der Waals surface area contributed by atoms with Gasteiger partial charge in [0, 0.05) is 0 Å². The van der Waals surface area contributed by atoms with Crippen molar-refractivity contribution in [3.8, 4) is 0 Å². The first-order chi connectivity index (χ1) is 11.3. The maximum atomic E-state index is 6.63. The van der Waals surface area contributed by atoms with Crippen molar-refractivity contribution in [3.05, 3.63) is 0 Å². The van der Waals surface area contributed by atoms with E-state index in [9.17, 15) is 0 Å². The molecule has 0 amide bonds. The van der Waals surface area contributed by atoms with E-state index in [0.29, 0.717) is 4.94 Å². The number of halogens is 1. The Morgan fingerprint density at radius 2 is 1.04 bits per heavy atom. The van der Waals surface area contributed by atoms with E-state index in [1.807, 2.05) is 0 Å². The van der Waals surface area contributed by atoms with Gasteiger partial charge in [-0.25, -0.2) is 0 Å². The second kappa shape index (κ2) is 8.66. The van der Waals surface area contributed by atoms with Crippen molar-refractivity contribution in [2.24, 2.45) is 0 Å². The molecule has 26 heavy (non-hydrogen) atoms. The molecule has 1 atom stereocenters. The van der Waals surface area contributed by atoms with Gasteiger partial charge in [-0.1, -0.05) is 0 Å². The third-order valence-corrected chi connectivity index (χ3v) is 83.5. The summed E-state index contributed by atoms with van der Waals surface area (Å²) in [6.07, 6.45) is 0. The van der Waals surface area contributed by atoms with Crippen LogP contribution >= 0.6 is 20.2 Å². The van der Waals surface area contributed by atoms with Gasteiger partial charge in [0.25, 0.3) is 0 Å². The molecule has 8 heteroatoms. The van der Waals surface area contributed by atoms with Gasteiger partial charge < -0.3 is 0 Å². The number of hydrogen-bond donors (Lipinski definition) is 0. The summed E-state index contributed by atoms with van der Waals surface area (Å²) in [6, 6.07) is 0. The van der Waals surface area contributed by atoms with Crippen LogP contribution in [-0.2, 0) is 9.47 Å².